The molecule has 22 heavy (non-hydrogen) atoms. The van der Waals surface area contributed by atoms with Crippen LogP contribution < -0.4 is 5.32 Å². The number of hydrogen-bond acceptors (Lipinski definition) is 3. The van der Waals surface area contributed by atoms with E-state index in [1.54, 1.807) is 0 Å². The Labute approximate surface area is 131 Å². The van der Waals surface area contributed by atoms with E-state index < -0.39 is 0 Å². The lowest BCUT2D eigenvalue weighted by Gasteiger charge is -2.33. The smallest absolute Gasteiger partial charge is 0.193 e. The van der Waals surface area contributed by atoms with Crippen LogP contribution in [0, 0.1) is 5.92 Å². The maximum atomic E-state index is 4.42. The molecule has 0 amide bonds. The Hall–Kier alpha value is -2.11. The highest BCUT2D eigenvalue weighted by Crippen LogP contribution is 2.15. The normalized spacial score (nSPS) is 19.6. The van der Waals surface area contributed by atoms with Gasteiger partial charge in [0.15, 0.2) is 11.6 Å². The summed E-state index contributed by atoms with van der Waals surface area (Å²) < 4.78 is 2.04. The zero-order valence-electron chi connectivity index (χ0n) is 13.4. The molecule has 3 rings (SSSR count). The van der Waals surface area contributed by atoms with E-state index in [0.29, 0.717) is 0 Å². The lowest BCUT2D eigenvalue weighted by atomic mass is 10.0. The quantitative estimate of drug-likeness (QED) is 0.691. The Morgan fingerprint density at radius 3 is 3.14 bits per heavy atom. The first kappa shape index (κ1) is 14.8. The third-order valence-electron chi connectivity index (χ3n) is 4.18. The van der Waals surface area contributed by atoms with Crippen LogP contribution in [0.2, 0.25) is 0 Å². The minimum atomic E-state index is 0.743. The van der Waals surface area contributed by atoms with Gasteiger partial charge in [-0.1, -0.05) is 13.0 Å². The highest BCUT2D eigenvalue weighted by molar-refractivity contribution is 5.79. The first-order chi connectivity index (χ1) is 10.8. The zero-order valence-corrected chi connectivity index (χ0v) is 13.4. The lowest BCUT2D eigenvalue weighted by Crippen LogP contribution is -2.46. The Morgan fingerprint density at radius 1 is 1.41 bits per heavy atom. The molecule has 1 N–H and O–H groups in total. The third-order valence-corrected chi connectivity index (χ3v) is 4.18. The molecule has 0 aliphatic carbocycles. The zero-order chi connectivity index (χ0) is 15.4. The van der Waals surface area contributed by atoms with Crippen LogP contribution in [-0.4, -0.2) is 52.1 Å². The van der Waals surface area contributed by atoms with Crippen molar-refractivity contribution in [3.05, 3.63) is 30.2 Å². The predicted octanol–water partition coefficient (Wildman–Crippen LogP) is 1.58. The summed E-state index contributed by atoms with van der Waals surface area (Å²) in [6.07, 6.45) is 5.40. The maximum Gasteiger partial charge on any atom is 0.193 e. The molecule has 6 heteroatoms. The molecule has 118 valence electrons. The molecule has 1 saturated heterocycles. The van der Waals surface area contributed by atoms with Gasteiger partial charge in [-0.3, -0.25) is 9.39 Å². The molecule has 2 aromatic rings. The highest BCUT2D eigenvalue weighted by atomic mass is 15.3. The second-order valence-electron chi connectivity index (χ2n) is 5.96. The lowest BCUT2D eigenvalue weighted by molar-refractivity contribution is 0.266. The van der Waals surface area contributed by atoms with Crippen LogP contribution in [0.5, 0.6) is 0 Å². The average molecular weight is 300 g/mol. The van der Waals surface area contributed by atoms with E-state index in [1.807, 2.05) is 35.8 Å². The van der Waals surface area contributed by atoms with Gasteiger partial charge in [-0.05, 0) is 30.9 Å². The summed E-state index contributed by atoms with van der Waals surface area (Å²) in [6.45, 7) is 5.31. The van der Waals surface area contributed by atoms with Crippen molar-refractivity contribution in [2.45, 2.75) is 26.2 Å². The molecule has 0 bridgehead atoms. The second-order valence-corrected chi connectivity index (χ2v) is 5.96. The summed E-state index contributed by atoms with van der Waals surface area (Å²) in [5.41, 5.74) is 0.895. The summed E-state index contributed by atoms with van der Waals surface area (Å²) >= 11 is 0. The molecular weight excluding hydrogens is 276 g/mol. The van der Waals surface area contributed by atoms with Gasteiger partial charge in [0.05, 0.1) is 0 Å². The van der Waals surface area contributed by atoms with Gasteiger partial charge in [-0.25, -0.2) is 0 Å². The Morgan fingerprint density at radius 2 is 2.32 bits per heavy atom. The number of fused-ring (bicyclic) bond motifs is 1. The van der Waals surface area contributed by atoms with E-state index in [0.717, 1.165) is 49.4 Å². The monoisotopic (exact) mass is 300 g/mol. The average Bonchev–Trinajstić information content (AvgIpc) is 2.95. The summed E-state index contributed by atoms with van der Waals surface area (Å²) in [7, 11) is 1.86. The van der Waals surface area contributed by atoms with Gasteiger partial charge in [-0.2, -0.15) is 0 Å². The topological polar surface area (TPSA) is 57.8 Å². The van der Waals surface area contributed by atoms with Crippen molar-refractivity contribution in [1.29, 1.82) is 0 Å². The summed E-state index contributed by atoms with van der Waals surface area (Å²) in [6, 6.07) is 5.95. The van der Waals surface area contributed by atoms with Crippen LogP contribution in [0.1, 0.15) is 25.6 Å². The van der Waals surface area contributed by atoms with Crippen molar-refractivity contribution in [1.82, 2.24) is 24.8 Å². The van der Waals surface area contributed by atoms with Crippen LogP contribution in [0.4, 0.5) is 0 Å². The Kier molecular flexibility index (Phi) is 4.56. The summed E-state index contributed by atoms with van der Waals surface area (Å²) in [4.78, 5) is 6.77. The molecule has 3 heterocycles. The minimum absolute atomic E-state index is 0.743. The predicted molar refractivity (Wildman–Crippen MR) is 88.0 cm³/mol. The number of rotatable bonds is 3. The van der Waals surface area contributed by atoms with Crippen molar-refractivity contribution < 1.29 is 0 Å². The molecule has 0 spiro atoms. The van der Waals surface area contributed by atoms with Crippen LogP contribution >= 0.6 is 0 Å². The first-order valence-corrected chi connectivity index (χ1v) is 8.02. The molecule has 6 nitrogen and oxygen atoms in total. The van der Waals surface area contributed by atoms with Crippen LogP contribution in [0.25, 0.3) is 5.65 Å². The van der Waals surface area contributed by atoms with E-state index in [2.05, 4.69) is 32.3 Å². The molecule has 1 aliphatic heterocycles. The number of pyridine rings is 1. The maximum absolute atomic E-state index is 4.42. The fourth-order valence-corrected chi connectivity index (χ4v) is 3.06. The Balaban J connectivity index is 1.57. The molecule has 2 aromatic heterocycles. The Bertz CT molecular complexity index is 647. The molecular formula is C16H24N6. The van der Waals surface area contributed by atoms with Crippen molar-refractivity contribution in [2.75, 3.05) is 26.7 Å². The number of hydrogen-bond donors (Lipinski definition) is 1. The van der Waals surface area contributed by atoms with E-state index in [9.17, 15) is 0 Å². The van der Waals surface area contributed by atoms with Gasteiger partial charge in [0.25, 0.3) is 0 Å². The van der Waals surface area contributed by atoms with Gasteiger partial charge < -0.3 is 10.2 Å². The van der Waals surface area contributed by atoms with E-state index >= 15 is 0 Å². The van der Waals surface area contributed by atoms with Crippen molar-refractivity contribution in [3.63, 3.8) is 0 Å². The fraction of sp³-hybridized carbons (Fsp3) is 0.562. The fourth-order valence-electron chi connectivity index (χ4n) is 3.06. The van der Waals surface area contributed by atoms with Gasteiger partial charge in [0.2, 0.25) is 0 Å². The standard InChI is InChI=1S/C16H24N6/c1-13-6-5-10-21(12-13)16(17-2)18-9-8-15-20-19-14-7-3-4-11-22(14)15/h3-4,7,11,13H,5-6,8-10,12H2,1-2H3,(H,17,18). The van der Waals surface area contributed by atoms with Crippen LogP contribution in [0.3, 0.4) is 0 Å². The second kappa shape index (κ2) is 6.77. The van der Waals surface area contributed by atoms with Gasteiger partial charge in [0.1, 0.15) is 5.82 Å². The van der Waals surface area contributed by atoms with Crippen molar-refractivity contribution in [2.24, 2.45) is 10.9 Å². The summed E-state index contributed by atoms with van der Waals surface area (Å²) in [5.74, 6) is 2.72. The molecule has 1 atom stereocenters. The van der Waals surface area contributed by atoms with Crippen molar-refractivity contribution in [3.8, 4) is 0 Å². The SMILES string of the molecule is CN=C(NCCc1nnc2ccccn12)N1CCCC(C)C1. The molecule has 0 saturated carbocycles. The van der Waals surface area contributed by atoms with Gasteiger partial charge >= 0.3 is 0 Å². The number of guanidine groups is 1. The molecule has 0 aromatic carbocycles. The molecule has 1 aliphatic rings. The molecule has 0 radical (unpaired) electrons. The van der Waals surface area contributed by atoms with Crippen LogP contribution in [-0.2, 0) is 6.42 Å². The van der Waals surface area contributed by atoms with Crippen molar-refractivity contribution >= 4 is 11.6 Å². The largest absolute Gasteiger partial charge is 0.356 e. The number of likely N-dealkylation sites (tertiary alicyclic amines) is 1. The molecule has 1 unspecified atom stereocenters. The van der Waals surface area contributed by atoms with Gasteiger partial charge in [-0.15, -0.1) is 10.2 Å². The van der Waals surface area contributed by atoms with E-state index in [-0.39, 0.29) is 0 Å². The van der Waals surface area contributed by atoms with Crippen LogP contribution in [0.15, 0.2) is 29.4 Å². The minimum Gasteiger partial charge on any atom is -0.356 e. The van der Waals surface area contributed by atoms with Gasteiger partial charge in [0, 0.05) is 39.3 Å². The van der Waals surface area contributed by atoms with E-state index in [1.165, 1.54) is 12.8 Å². The number of piperidine rings is 1. The number of nitrogens with one attached hydrogen (secondary N) is 1. The first-order valence-electron chi connectivity index (χ1n) is 8.02. The highest BCUT2D eigenvalue weighted by Gasteiger charge is 2.19. The number of aromatic nitrogens is 3. The molecule has 1 fully saturated rings. The summed E-state index contributed by atoms with van der Waals surface area (Å²) in [5, 5.41) is 11.9. The third kappa shape index (κ3) is 3.21. The van der Waals surface area contributed by atoms with E-state index in [4.69, 9.17) is 0 Å². The number of aliphatic imine (C=N–C) groups is 1. The number of nitrogens with zero attached hydrogens (tertiary/aromatic N) is 5.